The maximum absolute atomic E-state index is 6.11. The quantitative estimate of drug-likeness (QED) is 0.942. The standard InChI is InChI=1S/C16H19ClN4/c17-15-13-3-1-2-4-14(13)16(20-19-15)18-9-11-7-8-21(10-11)12-5-6-12/h1-4,11-12H,5-10H2,(H,18,20). The summed E-state index contributed by atoms with van der Waals surface area (Å²) in [6.45, 7) is 3.43. The second-order valence-corrected chi connectivity index (χ2v) is 6.50. The summed E-state index contributed by atoms with van der Waals surface area (Å²) in [4.78, 5) is 2.64. The SMILES string of the molecule is Clc1nnc(NCC2CCN(C3CC3)C2)c2ccccc12. The van der Waals surface area contributed by atoms with Crippen molar-refractivity contribution in [2.45, 2.75) is 25.3 Å². The average Bonchev–Trinajstić information content (AvgIpc) is 3.26. The molecule has 1 aliphatic heterocycles. The molecule has 0 bridgehead atoms. The van der Waals surface area contributed by atoms with Gasteiger partial charge in [-0.1, -0.05) is 35.9 Å². The molecule has 21 heavy (non-hydrogen) atoms. The van der Waals surface area contributed by atoms with Gasteiger partial charge in [0.15, 0.2) is 11.0 Å². The van der Waals surface area contributed by atoms with Crippen molar-refractivity contribution in [1.82, 2.24) is 15.1 Å². The van der Waals surface area contributed by atoms with Crippen molar-refractivity contribution in [1.29, 1.82) is 0 Å². The molecule has 0 radical (unpaired) electrons. The van der Waals surface area contributed by atoms with Crippen molar-refractivity contribution in [3.63, 3.8) is 0 Å². The Labute approximate surface area is 129 Å². The molecule has 4 rings (SSSR count). The summed E-state index contributed by atoms with van der Waals surface area (Å²) in [5.74, 6) is 1.56. The fourth-order valence-electron chi connectivity index (χ4n) is 3.24. The van der Waals surface area contributed by atoms with Crippen LogP contribution in [0.2, 0.25) is 5.15 Å². The van der Waals surface area contributed by atoms with E-state index in [0.29, 0.717) is 11.1 Å². The summed E-state index contributed by atoms with van der Waals surface area (Å²) >= 11 is 6.11. The molecule has 1 saturated carbocycles. The Hall–Kier alpha value is -1.39. The monoisotopic (exact) mass is 302 g/mol. The van der Waals surface area contributed by atoms with E-state index in [1.807, 2.05) is 24.3 Å². The lowest BCUT2D eigenvalue weighted by atomic mass is 10.1. The second-order valence-electron chi connectivity index (χ2n) is 6.15. The van der Waals surface area contributed by atoms with Gasteiger partial charge in [-0.2, -0.15) is 0 Å². The number of benzene rings is 1. The maximum atomic E-state index is 6.11. The van der Waals surface area contributed by atoms with E-state index in [9.17, 15) is 0 Å². The van der Waals surface area contributed by atoms with Gasteiger partial charge in [0.25, 0.3) is 0 Å². The zero-order chi connectivity index (χ0) is 14.2. The van der Waals surface area contributed by atoms with Gasteiger partial charge in [-0.05, 0) is 31.7 Å². The molecular weight excluding hydrogens is 284 g/mol. The molecule has 0 amide bonds. The molecule has 2 heterocycles. The van der Waals surface area contributed by atoms with E-state index in [-0.39, 0.29) is 0 Å². The highest BCUT2D eigenvalue weighted by Gasteiger charge is 2.34. The number of nitrogens with zero attached hydrogens (tertiary/aromatic N) is 3. The van der Waals surface area contributed by atoms with Gasteiger partial charge in [0, 0.05) is 29.9 Å². The Morgan fingerprint density at radius 1 is 1.14 bits per heavy atom. The molecule has 1 aromatic heterocycles. The number of likely N-dealkylation sites (tertiary alicyclic amines) is 1. The van der Waals surface area contributed by atoms with E-state index in [1.165, 1.54) is 32.4 Å². The van der Waals surface area contributed by atoms with Crippen LogP contribution in [0.3, 0.4) is 0 Å². The minimum absolute atomic E-state index is 0.469. The highest BCUT2D eigenvalue weighted by Crippen LogP contribution is 2.32. The first-order chi connectivity index (χ1) is 10.3. The van der Waals surface area contributed by atoms with Gasteiger partial charge in [-0.3, -0.25) is 0 Å². The third kappa shape index (κ3) is 2.70. The molecule has 2 aliphatic rings. The van der Waals surface area contributed by atoms with Crippen molar-refractivity contribution in [3.8, 4) is 0 Å². The average molecular weight is 303 g/mol. The summed E-state index contributed by atoms with van der Waals surface area (Å²) in [5, 5.41) is 14.2. The van der Waals surface area contributed by atoms with Crippen molar-refractivity contribution < 1.29 is 0 Å². The molecule has 0 spiro atoms. The van der Waals surface area contributed by atoms with Crippen LogP contribution in [0.4, 0.5) is 5.82 Å². The Morgan fingerprint density at radius 2 is 1.95 bits per heavy atom. The number of nitrogens with one attached hydrogen (secondary N) is 1. The van der Waals surface area contributed by atoms with Gasteiger partial charge in [0.05, 0.1) is 0 Å². The Bertz CT molecular complexity index is 656. The number of hydrogen-bond donors (Lipinski definition) is 1. The lowest BCUT2D eigenvalue weighted by molar-refractivity contribution is 0.316. The van der Waals surface area contributed by atoms with E-state index in [0.717, 1.165) is 29.2 Å². The first-order valence-corrected chi connectivity index (χ1v) is 8.08. The van der Waals surface area contributed by atoms with Crippen LogP contribution >= 0.6 is 11.6 Å². The summed E-state index contributed by atoms with van der Waals surface area (Å²) in [6, 6.07) is 8.90. The van der Waals surface area contributed by atoms with Crippen LogP contribution in [0, 0.1) is 5.92 Å². The van der Waals surface area contributed by atoms with Crippen molar-refractivity contribution in [2.75, 3.05) is 25.0 Å². The minimum atomic E-state index is 0.469. The Balaban J connectivity index is 1.46. The van der Waals surface area contributed by atoms with E-state index >= 15 is 0 Å². The van der Waals surface area contributed by atoms with Gasteiger partial charge in [0.2, 0.25) is 0 Å². The fraction of sp³-hybridized carbons (Fsp3) is 0.500. The molecule has 2 aromatic rings. The summed E-state index contributed by atoms with van der Waals surface area (Å²) in [6.07, 6.45) is 4.07. The Morgan fingerprint density at radius 3 is 2.76 bits per heavy atom. The van der Waals surface area contributed by atoms with E-state index in [1.54, 1.807) is 0 Å². The predicted octanol–water partition coefficient (Wildman–Crippen LogP) is 3.18. The van der Waals surface area contributed by atoms with Crippen molar-refractivity contribution in [2.24, 2.45) is 5.92 Å². The molecule has 1 aliphatic carbocycles. The fourth-order valence-corrected chi connectivity index (χ4v) is 3.45. The number of aromatic nitrogens is 2. The Kier molecular flexibility index (Phi) is 3.43. The van der Waals surface area contributed by atoms with Gasteiger partial charge < -0.3 is 10.2 Å². The van der Waals surface area contributed by atoms with Gasteiger partial charge >= 0.3 is 0 Å². The largest absolute Gasteiger partial charge is 0.368 e. The zero-order valence-electron chi connectivity index (χ0n) is 11.9. The van der Waals surface area contributed by atoms with Crippen LogP contribution in [0.1, 0.15) is 19.3 Å². The number of fused-ring (bicyclic) bond motifs is 1. The van der Waals surface area contributed by atoms with Gasteiger partial charge in [-0.15, -0.1) is 10.2 Å². The van der Waals surface area contributed by atoms with Crippen LogP contribution in [-0.4, -0.2) is 40.8 Å². The number of hydrogen-bond acceptors (Lipinski definition) is 4. The predicted molar refractivity (Wildman–Crippen MR) is 85.7 cm³/mol. The molecule has 1 unspecified atom stereocenters. The van der Waals surface area contributed by atoms with E-state index in [2.05, 4.69) is 20.4 Å². The molecule has 1 saturated heterocycles. The minimum Gasteiger partial charge on any atom is -0.368 e. The molecule has 5 heteroatoms. The lowest BCUT2D eigenvalue weighted by Crippen LogP contribution is -2.25. The van der Waals surface area contributed by atoms with Crippen LogP contribution in [0.15, 0.2) is 24.3 Å². The molecule has 1 N–H and O–H groups in total. The molecular formula is C16H19ClN4. The van der Waals surface area contributed by atoms with E-state index < -0.39 is 0 Å². The van der Waals surface area contributed by atoms with Crippen molar-refractivity contribution >= 4 is 28.2 Å². The third-order valence-electron chi connectivity index (χ3n) is 4.58. The van der Waals surface area contributed by atoms with Crippen LogP contribution in [0.25, 0.3) is 10.8 Å². The summed E-state index contributed by atoms with van der Waals surface area (Å²) in [5.41, 5.74) is 0. The summed E-state index contributed by atoms with van der Waals surface area (Å²) < 4.78 is 0. The van der Waals surface area contributed by atoms with Crippen LogP contribution < -0.4 is 5.32 Å². The second kappa shape index (κ2) is 5.43. The zero-order valence-corrected chi connectivity index (χ0v) is 12.7. The number of anilines is 1. The molecule has 2 fully saturated rings. The third-order valence-corrected chi connectivity index (χ3v) is 4.86. The van der Waals surface area contributed by atoms with Crippen molar-refractivity contribution in [3.05, 3.63) is 29.4 Å². The molecule has 1 aromatic carbocycles. The molecule has 110 valence electrons. The first kappa shape index (κ1) is 13.3. The smallest absolute Gasteiger partial charge is 0.159 e. The highest BCUT2D eigenvalue weighted by atomic mass is 35.5. The lowest BCUT2D eigenvalue weighted by Gasteiger charge is -2.15. The first-order valence-electron chi connectivity index (χ1n) is 7.70. The topological polar surface area (TPSA) is 41.1 Å². The number of rotatable bonds is 4. The molecule has 1 atom stereocenters. The normalized spacial score (nSPS) is 22.8. The van der Waals surface area contributed by atoms with Gasteiger partial charge in [0.1, 0.15) is 0 Å². The number of halogens is 1. The molecule has 4 nitrogen and oxygen atoms in total. The van der Waals surface area contributed by atoms with Gasteiger partial charge in [-0.25, -0.2) is 0 Å². The van der Waals surface area contributed by atoms with Crippen LogP contribution in [-0.2, 0) is 0 Å². The van der Waals surface area contributed by atoms with E-state index in [4.69, 9.17) is 11.6 Å². The maximum Gasteiger partial charge on any atom is 0.159 e. The van der Waals surface area contributed by atoms with Crippen LogP contribution in [0.5, 0.6) is 0 Å². The summed E-state index contributed by atoms with van der Waals surface area (Å²) in [7, 11) is 0. The highest BCUT2D eigenvalue weighted by molar-refractivity contribution is 6.34.